The van der Waals surface area contributed by atoms with Crippen LogP contribution in [0.25, 0.3) is 0 Å². The average Bonchev–Trinajstić information content (AvgIpc) is 2.58. The molecule has 0 aliphatic carbocycles. The third-order valence-electron chi connectivity index (χ3n) is 3.22. The maximum Gasteiger partial charge on any atom is 0.418 e. The third kappa shape index (κ3) is 2.39. The van der Waals surface area contributed by atoms with Gasteiger partial charge in [-0.15, -0.1) is 0 Å². The normalized spacial score (nSPS) is 25.4. The Labute approximate surface area is 98.2 Å². The highest BCUT2D eigenvalue weighted by molar-refractivity contribution is 5.56. The summed E-state index contributed by atoms with van der Waals surface area (Å²) in [6.45, 7) is 3.02. The van der Waals surface area contributed by atoms with Crippen LogP contribution in [0.1, 0.15) is 12.5 Å². The molecule has 1 saturated heterocycles. The zero-order chi connectivity index (χ0) is 12.6. The lowest BCUT2D eigenvalue weighted by atomic mass is 10.1. The number of anilines is 1. The Morgan fingerprint density at radius 3 is 2.41 bits per heavy atom. The summed E-state index contributed by atoms with van der Waals surface area (Å²) in [6.07, 6.45) is -4.31. The number of halogens is 3. The molecule has 2 atom stereocenters. The maximum absolute atomic E-state index is 12.8. The van der Waals surface area contributed by atoms with E-state index in [-0.39, 0.29) is 17.6 Å². The van der Waals surface area contributed by atoms with Gasteiger partial charge in [-0.2, -0.15) is 13.2 Å². The van der Waals surface area contributed by atoms with Crippen LogP contribution in [0.2, 0.25) is 0 Å². The molecule has 1 aliphatic heterocycles. The molecule has 0 amide bonds. The monoisotopic (exact) mass is 244 g/mol. The molecule has 1 aromatic carbocycles. The van der Waals surface area contributed by atoms with Crippen LogP contribution >= 0.6 is 0 Å². The summed E-state index contributed by atoms with van der Waals surface area (Å²) in [4.78, 5) is 1.72. The van der Waals surface area contributed by atoms with E-state index in [0.717, 1.165) is 6.07 Å². The number of rotatable bonds is 1. The van der Waals surface area contributed by atoms with Gasteiger partial charge in [0.25, 0.3) is 0 Å². The molecule has 0 aromatic heterocycles. The van der Waals surface area contributed by atoms with Crippen LogP contribution in [0.15, 0.2) is 24.3 Å². The molecule has 0 radical (unpaired) electrons. The number of benzene rings is 1. The summed E-state index contributed by atoms with van der Waals surface area (Å²) in [5.74, 6) is 0.219. The Hall–Kier alpha value is -1.23. The minimum Gasteiger partial charge on any atom is -0.369 e. The van der Waals surface area contributed by atoms with Crippen LogP contribution in [-0.2, 0) is 6.18 Å². The predicted octanol–water partition coefficient (Wildman–Crippen LogP) is 2.49. The van der Waals surface area contributed by atoms with Crippen molar-refractivity contribution in [2.45, 2.75) is 19.1 Å². The Kier molecular flexibility index (Phi) is 3.03. The van der Waals surface area contributed by atoms with Gasteiger partial charge >= 0.3 is 6.18 Å². The van der Waals surface area contributed by atoms with Crippen molar-refractivity contribution in [3.63, 3.8) is 0 Å². The van der Waals surface area contributed by atoms with Crippen molar-refractivity contribution in [1.82, 2.24) is 0 Å². The van der Waals surface area contributed by atoms with E-state index < -0.39 is 11.7 Å². The summed E-state index contributed by atoms with van der Waals surface area (Å²) >= 11 is 0. The number of nitrogens with two attached hydrogens (primary N) is 1. The van der Waals surface area contributed by atoms with E-state index in [0.29, 0.717) is 13.1 Å². The van der Waals surface area contributed by atoms with Crippen LogP contribution < -0.4 is 10.6 Å². The molecule has 2 nitrogen and oxygen atoms in total. The van der Waals surface area contributed by atoms with E-state index in [1.54, 1.807) is 11.0 Å². The molecule has 2 N–H and O–H groups in total. The van der Waals surface area contributed by atoms with Gasteiger partial charge in [-0.05, 0) is 18.1 Å². The second kappa shape index (κ2) is 4.22. The van der Waals surface area contributed by atoms with Crippen molar-refractivity contribution >= 4 is 5.69 Å². The van der Waals surface area contributed by atoms with Gasteiger partial charge in [-0.25, -0.2) is 0 Å². The van der Waals surface area contributed by atoms with Crippen molar-refractivity contribution < 1.29 is 13.2 Å². The molecule has 2 unspecified atom stereocenters. The molecule has 94 valence electrons. The highest BCUT2D eigenvalue weighted by atomic mass is 19.4. The molecule has 0 spiro atoms. The van der Waals surface area contributed by atoms with Crippen LogP contribution in [-0.4, -0.2) is 19.1 Å². The highest BCUT2D eigenvalue weighted by Crippen LogP contribution is 2.37. The van der Waals surface area contributed by atoms with Gasteiger partial charge in [0.1, 0.15) is 0 Å². The van der Waals surface area contributed by atoms with Crippen molar-refractivity contribution in [1.29, 1.82) is 0 Å². The molecule has 1 fully saturated rings. The Balaban J connectivity index is 2.33. The predicted molar refractivity (Wildman–Crippen MR) is 60.8 cm³/mol. The number of hydrogen-bond acceptors (Lipinski definition) is 2. The molecule has 0 saturated carbocycles. The van der Waals surface area contributed by atoms with Gasteiger partial charge in [0.2, 0.25) is 0 Å². The first-order chi connectivity index (χ1) is 7.89. The van der Waals surface area contributed by atoms with E-state index in [4.69, 9.17) is 5.73 Å². The first kappa shape index (κ1) is 12.2. The maximum atomic E-state index is 12.8. The smallest absolute Gasteiger partial charge is 0.369 e. The van der Waals surface area contributed by atoms with Gasteiger partial charge in [-0.1, -0.05) is 19.1 Å². The van der Waals surface area contributed by atoms with Gasteiger partial charge < -0.3 is 10.6 Å². The van der Waals surface area contributed by atoms with Crippen molar-refractivity contribution in [2.75, 3.05) is 18.0 Å². The van der Waals surface area contributed by atoms with E-state index in [1.165, 1.54) is 12.1 Å². The van der Waals surface area contributed by atoms with Crippen LogP contribution in [0, 0.1) is 5.92 Å². The zero-order valence-electron chi connectivity index (χ0n) is 9.54. The first-order valence-electron chi connectivity index (χ1n) is 5.56. The molecule has 17 heavy (non-hydrogen) atoms. The summed E-state index contributed by atoms with van der Waals surface area (Å²) < 4.78 is 38.5. The topological polar surface area (TPSA) is 29.3 Å². The molecule has 1 aliphatic rings. The van der Waals surface area contributed by atoms with E-state index in [9.17, 15) is 13.2 Å². The summed E-state index contributed by atoms with van der Waals surface area (Å²) in [6, 6.07) is 5.60. The average molecular weight is 244 g/mol. The van der Waals surface area contributed by atoms with Gasteiger partial charge in [0, 0.05) is 24.8 Å². The number of hydrogen-bond donors (Lipinski definition) is 1. The lowest BCUT2D eigenvalue weighted by molar-refractivity contribution is -0.137. The lowest BCUT2D eigenvalue weighted by Gasteiger charge is -2.22. The third-order valence-corrected chi connectivity index (χ3v) is 3.22. The second-order valence-corrected chi connectivity index (χ2v) is 4.56. The van der Waals surface area contributed by atoms with Gasteiger partial charge in [0.15, 0.2) is 0 Å². The summed E-state index contributed by atoms with van der Waals surface area (Å²) in [5, 5.41) is 0. The number of nitrogens with zero attached hydrogens (tertiary/aromatic N) is 1. The van der Waals surface area contributed by atoms with Crippen LogP contribution in [0.5, 0.6) is 0 Å². The summed E-state index contributed by atoms with van der Waals surface area (Å²) in [5.41, 5.74) is 5.50. The lowest BCUT2D eigenvalue weighted by Crippen LogP contribution is -2.29. The molecule has 1 heterocycles. The van der Waals surface area contributed by atoms with Crippen molar-refractivity contribution in [3.8, 4) is 0 Å². The molecular weight excluding hydrogens is 229 g/mol. The Morgan fingerprint density at radius 2 is 1.88 bits per heavy atom. The Bertz CT molecular complexity index is 393. The molecular formula is C12H15F3N2. The van der Waals surface area contributed by atoms with Crippen LogP contribution in [0.4, 0.5) is 18.9 Å². The molecule has 0 bridgehead atoms. The van der Waals surface area contributed by atoms with Crippen molar-refractivity contribution in [3.05, 3.63) is 29.8 Å². The standard InChI is InChI=1S/C12H15F3N2/c1-8-6-17(7-10(8)16)11-5-3-2-4-9(11)12(13,14)15/h2-5,8,10H,6-7,16H2,1H3. The molecule has 1 aromatic rings. The minimum atomic E-state index is -4.31. The summed E-state index contributed by atoms with van der Waals surface area (Å²) in [7, 11) is 0. The van der Waals surface area contributed by atoms with E-state index in [1.807, 2.05) is 6.92 Å². The fourth-order valence-electron chi connectivity index (χ4n) is 2.18. The molecule has 2 rings (SSSR count). The minimum absolute atomic E-state index is 0.0590. The highest BCUT2D eigenvalue weighted by Gasteiger charge is 2.36. The Morgan fingerprint density at radius 1 is 1.24 bits per heavy atom. The van der Waals surface area contributed by atoms with E-state index >= 15 is 0 Å². The SMILES string of the molecule is CC1CN(c2ccccc2C(F)(F)F)CC1N. The van der Waals surface area contributed by atoms with Gasteiger partial charge in [0.05, 0.1) is 5.56 Å². The largest absolute Gasteiger partial charge is 0.418 e. The van der Waals surface area contributed by atoms with Crippen LogP contribution in [0.3, 0.4) is 0 Å². The quantitative estimate of drug-likeness (QED) is 0.822. The number of alkyl halides is 3. The second-order valence-electron chi connectivity index (χ2n) is 4.56. The fraction of sp³-hybridized carbons (Fsp3) is 0.500. The van der Waals surface area contributed by atoms with Crippen molar-refractivity contribution in [2.24, 2.45) is 11.7 Å². The zero-order valence-corrected chi connectivity index (χ0v) is 9.54. The molecule has 5 heteroatoms. The fourth-order valence-corrected chi connectivity index (χ4v) is 2.18. The van der Waals surface area contributed by atoms with E-state index in [2.05, 4.69) is 0 Å². The first-order valence-corrected chi connectivity index (χ1v) is 5.56. The van der Waals surface area contributed by atoms with Gasteiger partial charge in [-0.3, -0.25) is 0 Å². The number of para-hydroxylation sites is 1.